The highest BCUT2D eigenvalue weighted by molar-refractivity contribution is 6.17. The zero-order valence-electron chi connectivity index (χ0n) is 11.7. The van der Waals surface area contributed by atoms with Crippen molar-refractivity contribution in [3.05, 3.63) is 53.3 Å². The molecule has 0 amide bonds. The number of hydrogen-bond donors (Lipinski definition) is 0. The molecule has 4 heteroatoms. The summed E-state index contributed by atoms with van der Waals surface area (Å²) in [7, 11) is 0. The van der Waals surface area contributed by atoms with Crippen LogP contribution in [0.15, 0.2) is 36.5 Å². The quantitative estimate of drug-likeness (QED) is 0.751. The molecule has 0 radical (unpaired) electrons. The smallest absolute Gasteiger partial charge is 0.166 e. The molecule has 0 spiro atoms. The lowest BCUT2D eigenvalue weighted by Crippen LogP contribution is -2.04. The fourth-order valence-corrected chi connectivity index (χ4v) is 2.12. The molecule has 0 N–H and O–H groups in total. The van der Waals surface area contributed by atoms with E-state index < -0.39 is 0 Å². The third-order valence-electron chi connectivity index (χ3n) is 2.98. The van der Waals surface area contributed by atoms with Gasteiger partial charge in [-0.05, 0) is 31.5 Å². The van der Waals surface area contributed by atoms with Gasteiger partial charge in [-0.25, -0.2) is 0 Å². The largest absolute Gasteiger partial charge is 0.490 e. The summed E-state index contributed by atoms with van der Waals surface area (Å²) >= 11 is 5.97. The Balaban J connectivity index is 2.21. The van der Waals surface area contributed by atoms with E-state index in [4.69, 9.17) is 21.1 Å². The van der Waals surface area contributed by atoms with Crippen molar-refractivity contribution in [2.24, 2.45) is 0 Å². The van der Waals surface area contributed by atoms with E-state index in [1.54, 1.807) is 6.20 Å². The fraction of sp³-hybridized carbons (Fsp3) is 0.312. The standard InChI is InChI=1S/C16H18ClNO2/c1-3-19-15-8-4-7-13(10-17)16(15)20-11-14-12(2)6-5-9-18-14/h4-9H,3,10-11H2,1-2H3. The number of aryl methyl sites for hydroxylation is 1. The van der Waals surface area contributed by atoms with Gasteiger partial charge in [0, 0.05) is 11.8 Å². The lowest BCUT2D eigenvalue weighted by molar-refractivity contribution is 0.264. The van der Waals surface area contributed by atoms with Crippen molar-refractivity contribution in [1.82, 2.24) is 4.98 Å². The zero-order valence-corrected chi connectivity index (χ0v) is 12.5. The lowest BCUT2D eigenvalue weighted by Gasteiger charge is -2.15. The molecule has 1 aromatic heterocycles. The molecule has 0 fully saturated rings. The minimum absolute atomic E-state index is 0.386. The topological polar surface area (TPSA) is 31.4 Å². The number of rotatable bonds is 6. The van der Waals surface area contributed by atoms with E-state index in [9.17, 15) is 0 Å². The molecule has 0 aliphatic carbocycles. The number of ether oxygens (including phenoxy) is 2. The SMILES string of the molecule is CCOc1cccc(CCl)c1OCc1ncccc1C. The van der Waals surface area contributed by atoms with E-state index in [1.165, 1.54) is 0 Å². The van der Waals surface area contributed by atoms with Crippen molar-refractivity contribution >= 4 is 11.6 Å². The molecule has 20 heavy (non-hydrogen) atoms. The van der Waals surface area contributed by atoms with E-state index in [1.807, 2.05) is 44.2 Å². The summed E-state index contributed by atoms with van der Waals surface area (Å²) in [6, 6.07) is 9.68. The average molecular weight is 292 g/mol. The Morgan fingerprint density at radius 3 is 2.70 bits per heavy atom. The lowest BCUT2D eigenvalue weighted by atomic mass is 10.2. The maximum Gasteiger partial charge on any atom is 0.166 e. The number of alkyl halides is 1. The molecule has 106 valence electrons. The molecule has 2 aromatic rings. The first-order chi connectivity index (χ1) is 9.76. The van der Waals surface area contributed by atoms with Crippen LogP contribution in [0.4, 0.5) is 0 Å². The second kappa shape index (κ2) is 7.15. The molecule has 2 rings (SSSR count). The number of aromatic nitrogens is 1. The first-order valence-electron chi connectivity index (χ1n) is 6.60. The van der Waals surface area contributed by atoms with Gasteiger partial charge in [0.1, 0.15) is 6.61 Å². The van der Waals surface area contributed by atoms with Crippen molar-refractivity contribution in [2.45, 2.75) is 26.3 Å². The van der Waals surface area contributed by atoms with E-state index >= 15 is 0 Å². The summed E-state index contributed by atoms with van der Waals surface area (Å²) in [4.78, 5) is 4.33. The fourth-order valence-electron chi connectivity index (χ4n) is 1.91. The van der Waals surface area contributed by atoms with Gasteiger partial charge in [0.05, 0.1) is 18.2 Å². The molecule has 3 nitrogen and oxygen atoms in total. The molecule has 1 heterocycles. The summed E-state index contributed by atoms with van der Waals surface area (Å²) in [6.45, 7) is 4.95. The van der Waals surface area contributed by atoms with Gasteiger partial charge < -0.3 is 9.47 Å². The van der Waals surface area contributed by atoms with Gasteiger partial charge in [0.25, 0.3) is 0 Å². The van der Waals surface area contributed by atoms with Crippen LogP contribution in [-0.4, -0.2) is 11.6 Å². The normalized spacial score (nSPS) is 10.3. The second-order valence-electron chi connectivity index (χ2n) is 4.37. The molecule has 1 aromatic carbocycles. The minimum Gasteiger partial charge on any atom is -0.490 e. The Hall–Kier alpha value is -1.74. The number of nitrogens with zero attached hydrogens (tertiary/aromatic N) is 1. The Labute approximate surface area is 124 Å². The molecule has 0 saturated heterocycles. The third kappa shape index (κ3) is 3.42. The van der Waals surface area contributed by atoms with Crippen LogP contribution in [0.5, 0.6) is 11.5 Å². The molecule has 0 saturated carbocycles. The number of pyridine rings is 1. The van der Waals surface area contributed by atoms with Gasteiger partial charge in [-0.2, -0.15) is 0 Å². The second-order valence-corrected chi connectivity index (χ2v) is 4.63. The summed E-state index contributed by atoms with van der Waals surface area (Å²) < 4.78 is 11.5. The van der Waals surface area contributed by atoms with Crippen molar-refractivity contribution < 1.29 is 9.47 Å². The van der Waals surface area contributed by atoms with Crippen LogP contribution in [-0.2, 0) is 12.5 Å². The highest BCUT2D eigenvalue weighted by atomic mass is 35.5. The molecule has 0 unspecified atom stereocenters. The first kappa shape index (κ1) is 14.7. The molecule has 0 bridgehead atoms. The molecule has 0 atom stereocenters. The number of para-hydroxylation sites is 1. The molecule has 0 aliphatic heterocycles. The number of halogens is 1. The Morgan fingerprint density at radius 2 is 2.00 bits per heavy atom. The third-order valence-corrected chi connectivity index (χ3v) is 3.26. The zero-order chi connectivity index (χ0) is 14.4. The average Bonchev–Trinajstić information content (AvgIpc) is 2.47. The predicted octanol–water partition coefficient (Wildman–Crippen LogP) is 4.11. The summed E-state index contributed by atoms with van der Waals surface area (Å²) in [5, 5.41) is 0. The van der Waals surface area contributed by atoms with Crippen LogP contribution in [0.25, 0.3) is 0 Å². The van der Waals surface area contributed by atoms with Crippen molar-refractivity contribution in [2.75, 3.05) is 6.61 Å². The summed E-state index contributed by atoms with van der Waals surface area (Å²) in [5.74, 6) is 1.81. The van der Waals surface area contributed by atoms with Crippen molar-refractivity contribution in [3.63, 3.8) is 0 Å². The van der Waals surface area contributed by atoms with Crippen LogP contribution in [0.2, 0.25) is 0 Å². The van der Waals surface area contributed by atoms with E-state index in [-0.39, 0.29) is 0 Å². The first-order valence-corrected chi connectivity index (χ1v) is 7.13. The monoisotopic (exact) mass is 291 g/mol. The highest BCUT2D eigenvalue weighted by Gasteiger charge is 2.11. The van der Waals surface area contributed by atoms with Crippen molar-refractivity contribution in [3.8, 4) is 11.5 Å². The molecular formula is C16H18ClNO2. The van der Waals surface area contributed by atoms with Crippen LogP contribution in [0.1, 0.15) is 23.7 Å². The van der Waals surface area contributed by atoms with Crippen molar-refractivity contribution in [1.29, 1.82) is 0 Å². The number of benzene rings is 1. The summed E-state index contributed by atoms with van der Waals surface area (Å²) in [6.07, 6.45) is 1.77. The van der Waals surface area contributed by atoms with Gasteiger partial charge >= 0.3 is 0 Å². The Bertz CT molecular complexity index is 572. The molecule has 0 aliphatic rings. The van der Waals surface area contributed by atoms with E-state index in [2.05, 4.69) is 4.98 Å². The summed E-state index contributed by atoms with van der Waals surface area (Å²) in [5.41, 5.74) is 2.94. The van der Waals surface area contributed by atoms with Gasteiger partial charge in [-0.1, -0.05) is 18.2 Å². The Morgan fingerprint density at radius 1 is 1.15 bits per heavy atom. The van der Waals surface area contributed by atoms with Crippen LogP contribution in [0.3, 0.4) is 0 Å². The van der Waals surface area contributed by atoms with E-state index in [0.717, 1.165) is 22.6 Å². The highest BCUT2D eigenvalue weighted by Crippen LogP contribution is 2.33. The van der Waals surface area contributed by atoms with E-state index in [0.29, 0.717) is 24.8 Å². The number of hydrogen-bond acceptors (Lipinski definition) is 3. The predicted molar refractivity (Wildman–Crippen MR) is 80.5 cm³/mol. The van der Waals surface area contributed by atoms with Crippen LogP contribution < -0.4 is 9.47 Å². The van der Waals surface area contributed by atoms with Gasteiger partial charge in [-0.15, -0.1) is 11.6 Å². The van der Waals surface area contributed by atoms with Gasteiger partial charge in [0.15, 0.2) is 11.5 Å². The van der Waals surface area contributed by atoms with Crippen LogP contribution >= 0.6 is 11.6 Å². The van der Waals surface area contributed by atoms with Crippen LogP contribution in [0, 0.1) is 6.92 Å². The molecular weight excluding hydrogens is 274 g/mol. The maximum atomic E-state index is 5.97. The minimum atomic E-state index is 0.386. The maximum absolute atomic E-state index is 5.97. The van der Waals surface area contributed by atoms with Gasteiger partial charge in [0.2, 0.25) is 0 Å². The van der Waals surface area contributed by atoms with Gasteiger partial charge in [-0.3, -0.25) is 4.98 Å². The Kier molecular flexibility index (Phi) is 5.24.